The second-order valence-electron chi connectivity index (χ2n) is 7.78. The van der Waals surface area contributed by atoms with Gasteiger partial charge < -0.3 is 19.4 Å². The summed E-state index contributed by atoms with van der Waals surface area (Å²) in [6, 6.07) is 31.4. The van der Waals surface area contributed by atoms with E-state index in [9.17, 15) is 5.11 Å². The molecule has 3 N–H and O–H groups in total. The molecule has 182 valence electrons. The zero-order chi connectivity index (χ0) is 25.2. The maximum atomic E-state index is 9.91. The first-order chi connectivity index (χ1) is 17.1. The lowest BCUT2D eigenvalue weighted by Crippen LogP contribution is -2.15. The Morgan fingerprint density at radius 3 is 1.09 bits per heavy atom. The minimum atomic E-state index is -0.0328. The van der Waals surface area contributed by atoms with Crippen molar-refractivity contribution in [3.05, 3.63) is 119 Å². The van der Waals surface area contributed by atoms with Crippen molar-refractivity contribution in [1.29, 1.82) is 0 Å². The van der Waals surface area contributed by atoms with Gasteiger partial charge in [0.1, 0.15) is 23.0 Å². The first-order valence-corrected chi connectivity index (χ1v) is 11.7. The van der Waals surface area contributed by atoms with E-state index >= 15 is 0 Å². The normalized spacial score (nSPS) is 12.0. The van der Waals surface area contributed by atoms with E-state index in [-0.39, 0.29) is 17.6 Å². The Morgan fingerprint density at radius 2 is 0.800 bits per heavy atom. The number of aromatic hydroxyl groups is 1. The van der Waals surface area contributed by atoms with E-state index in [1.54, 1.807) is 26.4 Å². The van der Waals surface area contributed by atoms with Gasteiger partial charge in [-0.1, -0.05) is 62.4 Å². The number of phenols is 1. The molecule has 0 heterocycles. The standard InChI is InChI=1S/C28H27NO4.C2H6/c1-31-24-13-5-20(6-14-24)27(19-3-11-23(30)12-4-19)28(21-7-15-25(32-2)16-8-21)22-9-17-26(33-29)18-10-22;1-2/h3-18,27-28,30H,29H2,1-2H3;1-2H3. The zero-order valence-electron chi connectivity index (χ0n) is 20.6. The van der Waals surface area contributed by atoms with Gasteiger partial charge in [0.05, 0.1) is 14.2 Å². The van der Waals surface area contributed by atoms with Gasteiger partial charge in [0, 0.05) is 11.8 Å². The number of hydrogen-bond donors (Lipinski definition) is 2. The van der Waals surface area contributed by atoms with Crippen LogP contribution in [0.5, 0.6) is 23.0 Å². The van der Waals surface area contributed by atoms with Crippen LogP contribution in [-0.2, 0) is 0 Å². The van der Waals surface area contributed by atoms with Crippen LogP contribution in [0.25, 0.3) is 0 Å². The summed E-state index contributed by atoms with van der Waals surface area (Å²) in [5, 5.41) is 9.91. The van der Waals surface area contributed by atoms with Gasteiger partial charge in [0.25, 0.3) is 0 Å². The molecule has 2 unspecified atom stereocenters. The molecule has 4 aromatic carbocycles. The van der Waals surface area contributed by atoms with Gasteiger partial charge in [0.15, 0.2) is 0 Å². The van der Waals surface area contributed by atoms with Crippen molar-refractivity contribution >= 4 is 0 Å². The Labute approximate surface area is 207 Å². The number of hydrogen-bond acceptors (Lipinski definition) is 5. The van der Waals surface area contributed by atoms with Crippen molar-refractivity contribution in [2.24, 2.45) is 5.90 Å². The molecule has 4 rings (SSSR count). The molecule has 0 spiro atoms. The van der Waals surface area contributed by atoms with E-state index in [4.69, 9.17) is 20.2 Å². The Morgan fingerprint density at radius 1 is 0.514 bits per heavy atom. The number of methoxy groups -OCH3 is 2. The van der Waals surface area contributed by atoms with Crippen molar-refractivity contribution in [2.75, 3.05) is 14.2 Å². The topological polar surface area (TPSA) is 73.9 Å². The van der Waals surface area contributed by atoms with Crippen LogP contribution >= 0.6 is 0 Å². The summed E-state index contributed by atoms with van der Waals surface area (Å²) >= 11 is 0. The average Bonchev–Trinajstić information content (AvgIpc) is 2.94. The van der Waals surface area contributed by atoms with Crippen LogP contribution in [0, 0.1) is 0 Å². The minimum absolute atomic E-state index is 0.0272. The number of benzene rings is 4. The van der Waals surface area contributed by atoms with E-state index in [2.05, 4.69) is 24.3 Å². The first-order valence-electron chi connectivity index (χ1n) is 11.7. The van der Waals surface area contributed by atoms with Gasteiger partial charge >= 0.3 is 0 Å². The number of phenolic OH excluding ortho intramolecular Hbond substituents is 1. The summed E-state index contributed by atoms with van der Waals surface area (Å²) in [5.74, 6) is 7.72. The van der Waals surface area contributed by atoms with E-state index in [0.717, 1.165) is 33.8 Å². The molecule has 0 aliphatic heterocycles. The molecule has 0 bridgehead atoms. The molecule has 5 nitrogen and oxygen atoms in total. The van der Waals surface area contributed by atoms with Crippen LogP contribution in [0.1, 0.15) is 47.9 Å². The predicted molar refractivity (Wildman–Crippen MR) is 140 cm³/mol. The molecule has 0 radical (unpaired) electrons. The van der Waals surface area contributed by atoms with Crippen LogP contribution < -0.4 is 20.2 Å². The molecule has 0 aliphatic rings. The van der Waals surface area contributed by atoms with Gasteiger partial charge in [-0.2, -0.15) is 5.90 Å². The van der Waals surface area contributed by atoms with E-state index < -0.39 is 0 Å². The second kappa shape index (κ2) is 12.5. The van der Waals surface area contributed by atoms with E-state index in [0.29, 0.717) is 5.75 Å². The number of nitrogens with two attached hydrogens (primary N) is 1. The lowest BCUT2D eigenvalue weighted by atomic mass is 9.73. The fourth-order valence-electron chi connectivity index (χ4n) is 4.21. The van der Waals surface area contributed by atoms with E-state index in [1.807, 2.05) is 74.5 Å². The summed E-state index contributed by atoms with van der Waals surface area (Å²) in [5.41, 5.74) is 4.44. The molecule has 4 aromatic rings. The molecule has 5 heteroatoms. The van der Waals surface area contributed by atoms with Crippen molar-refractivity contribution in [2.45, 2.75) is 25.7 Å². The third kappa shape index (κ3) is 6.14. The van der Waals surface area contributed by atoms with E-state index in [1.165, 1.54) is 0 Å². The lowest BCUT2D eigenvalue weighted by Gasteiger charge is -2.30. The predicted octanol–water partition coefficient (Wildman–Crippen LogP) is 6.65. The Hall–Kier alpha value is -3.96. The highest BCUT2D eigenvalue weighted by Gasteiger charge is 2.28. The molecule has 0 aromatic heterocycles. The van der Waals surface area contributed by atoms with Crippen LogP contribution in [0.4, 0.5) is 0 Å². The van der Waals surface area contributed by atoms with Gasteiger partial charge in [-0.05, 0) is 70.8 Å². The Kier molecular flexibility index (Phi) is 9.16. The second-order valence-corrected chi connectivity index (χ2v) is 7.78. The highest BCUT2D eigenvalue weighted by atomic mass is 16.6. The highest BCUT2D eigenvalue weighted by Crippen LogP contribution is 2.44. The van der Waals surface area contributed by atoms with Gasteiger partial charge in [-0.15, -0.1) is 0 Å². The van der Waals surface area contributed by atoms with Crippen LogP contribution in [0.3, 0.4) is 0 Å². The molecule has 0 amide bonds. The van der Waals surface area contributed by atoms with Crippen molar-refractivity contribution < 1.29 is 19.4 Å². The van der Waals surface area contributed by atoms with Crippen LogP contribution in [0.2, 0.25) is 0 Å². The Bertz CT molecular complexity index is 1110. The molecule has 0 aliphatic carbocycles. The van der Waals surface area contributed by atoms with Gasteiger partial charge in [-0.3, -0.25) is 0 Å². The molecule has 0 fully saturated rings. The van der Waals surface area contributed by atoms with Crippen LogP contribution in [-0.4, -0.2) is 19.3 Å². The zero-order valence-corrected chi connectivity index (χ0v) is 20.6. The third-order valence-corrected chi connectivity index (χ3v) is 5.91. The average molecular weight is 472 g/mol. The maximum Gasteiger partial charge on any atom is 0.146 e. The molecule has 2 atom stereocenters. The number of rotatable bonds is 8. The van der Waals surface area contributed by atoms with Crippen LogP contribution in [0.15, 0.2) is 97.1 Å². The minimum Gasteiger partial charge on any atom is -0.508 e. The smallest absolute Gasteiger partial charge is 0.146 e. The van der Waals surface area contributed by atoms with Crippen molar-refractivity contribution in [1.82, 2.24) is 0 Å². The monoisotopic (exact) mass is 471 g/mol. The third-order valence-electron chi connectivity index (χ3n) is 5.91. The van der Waals surface area contributed by atoms with Crippen molar-refractivity contribution in [3.8, 4) is 23.0 Å². The summed E-state index contributed by atoms with van der Waals surface area (Å²) in [6.07, 6.45) is 0. The summed E-state index contributed by atoms with van der Waals surface area (Å²) < 4.78 is 10.8. The maximum absolute atomic E-state index is 9.91. The molecular weight excluding hydrogens is 438 g/mol. The summed E-state index contributed by atoms with van der Waals surface area (Å²) in [7, 11) is 3.32. The summed E-state index contributed by atoms with van der Waals surface area (Å²) in [4.78, 5) is 4.90. The fourth-order valence-corrected chi connectivity index (χ4v) is 4.21. The molecule has 0 saturated heterocycles. The van der Waals surface area contributed by atoms with Gasteiger partial charge in [0.2, 0.25) is 0 Å². The quantitative estimate of drug-likeness (QED) is 0.281. The SMILES string of the molecule is CC.COc1ccc(C(c2ccc(O)cc2)C(c2ccc(OC)cc2)c2ccc(ON)cc2)cc1. The summed E-state index contributed by atoms with van der Waals surface area (Å²) in [6.45, 7) is 4.00. The van der Waals surface area contributed by atoms with Crippen molar-refractivity contribution in [3.63, 3.8) is 0 Å². The molecule has 35 heavy (non-hydrogen) atoms. The van der Waals surface area contributed by atoms with Gasteiger partial charge in [-0.25, -0.2) is 0 Å². The first kappa shape index (κ1) is 25.7. The number of ether oxygens (including phenoxy) is 2. The Balaban J connectivity index is 0.00000167. The lowest BCUT2D eigenvalue weighted by molar-refractivity contribution is 0.334. The fraction of sp³-hybridized carbons (Fsp3) is 0.200. The largest absolute Gasteiger partial charge is 0.508 e. The highest BCUT2D eigenvalue weighted by molar-refractivity contribution is 5.48. The molecular formula is C30H33NO4. The molecule has 0 saturated carbocycles.